The minimum Gasteiger partial charge on any atom is -0.299 e. The molecule has 0 aliphatic rings. The minimum atomic E-state index is -0.412. The maximum Gasteiger partial charge on any atom is 0.192 e. The van der Waals surface area contributed by atoms with Crippen molar-refractivity contribution in [2.75, 3.05) is 0 Å². The van der Waals surface area contributed by atoms with Gasteiger partial charge in [-0.05, 0) is 86.2 Å². The highest BCUT2D eigenvalue weighted by Crippen LogP contribution is 2.37. The summed E-state index contributed by atoms with van der Waals surface area (Å²) in [7, 11) is 0. The molecule has 0 radical (unpaired) electrons. The van der Waals surface area contributed by atoms with E-state index in [0.717, 1.165) is 43.6 Å². The topological polar surface area (TPSA) is 43.6 Å². The second-order valence-electron chi connectivity index (χ2n) is 8.79. The van der Waals surface area contributed by atoms with Gasteiger partial charge >= 0.3 is 0 Å². The summed E-state index contributed by atoms with van der Waals surface area (Å²) in [5.74, 6) is 1.01. The van der Waals surface area contributed by atoms with Gasteiger partial charge in [0.25, 0.3) is 0 Å². The van der Waals surface area contributed by atoms with Gasteiger partial charge in [0.15, 0.2) is 11.0 Å². The van der Waals surface area contributed by atoms with Crippen molar-refractivity contribution in [2.45, 2.75) is 44.6 Å². The third-order valence-corrected chi connectivity index (χ3v) is 8.17. The van der Waals surface area contributed by atoms with Crippen molar-refractivity contribution in [1.82, 2.24) is 19.7 Å². The van der Waals surface area contributed by atoms with E-state index in [-0.39, 0.29) is 11.1 Å². The first kappa shape index (κ1) is 24.0. The van der Waals surface area contributed by atoms with Gasteiger partial charge in [-0.1, -0.05) is 35.5 Å². The van der Waals surface area contributed by atoms with E-state index in [0.29, 0.717) is 5.75 Å². The number of hydrogen-bond donors (Lipinski definition) is 0. The van der Waals surface area contributed by atoms with Crippen LogP contribution in [0.2, 0.25) is 5.02 Å². The largest absolute Gasteiger partial charge is 0.299 e. The molecule has 3 aromatic heterocycles. The second-order valence-corrected chi connectivity index (χ2v) is 11.1. The van der Waals surface area contributed by atoms with Crippen LogP contribution >= 0.6 is 34.7 Å². The molecule has 35 heavy (non-hydrogen) atoms. The second kappa shape index (κ2) is 9.72. The van der Waals surface area contributed by atoms with Crippen molar-refractivity contribution < 1.29 is 4.39 Å². The van der Waals surface area contributed by atoms with Crippen LogP contribution in [-0.4, -0.2) is 19.7 Å². The summed E-state index contributed by atoms with van der Waals surface area (Å²) in [6.45, 7) is 8.49. The van der Waals surface area contributed by atoms with Crippen LogP contribution in [0.1, 0.15) is 36.6 Å². The van der Waals surface area contributed by atoms with Gasteiger partial charge in [0.1, 0.15) is 5.82 Å². The van der Waals surface area contributed by atoms with Gasteiger partial charge in [0, 0.05) is 22.7 Å². The van der Waals surface area contributed by atoms with Gasteiger partial charge in [0.2, 0.25) is 0 Å². The molecule has 0 bridgehead atoms. The highest BCUT2D eigenvalue weighted by atomic mass is 35.5. The molecular formula is C27H24ClFN4S2. The number of thioether (sulfide) groups is 1. The molecule has 0 saturated heterocycles. The van der Waals surface area contributed by atoms with Gasteiger partial charge < -0.3 is 0 Å². The van der Waals surface area contributed by atoms with Crippen molar-refractivity contribution in [3.63, 3.8) is 0 Å². The molecule has 0 saturated carbocycles. The number of fused-ring (bicyclic) bond motifs is 1. The Morgan fingerprint density at radius 2 is 1.86 bits per heavy atom. The van der Waals surface area contributed by atoms with Crippen molar-refractivity contribution in [2.24, 2.45) is 0 Å². The fourth-order valence-electron chi connectivity index (χ4n) is 4.02. The van der Waals surface area contributed by atoms with Crippen LogP contribution in [0.5, 0.6) is 0 Å². The number of rotatable bonds is 6. The molecule has 0 aliphatic heterocycles. The number of aromatic nitrogens is 4. The van der Waals surface area contributed by atoms with Crippen LogP contribution in [0.4, 0.5) is 4.39 Å². The Hall–Kier alpha value is -2.74. The highest BCUT2D eigenvalue weighted by molar-refractivity contribution is 7.98. The number of pyridine rings is 1. The fraction of sp³-hybridized carbons (Fsp3) is 0.222. The number of hydrogen-bond acceptors (Lipinski definition) is 5. The van der Waals surface area contributed by atoms with E-state index in [4.69, 9.17) is 16.6 Å². The summed E-state index contributed by atoms with van der Waals surface area (Å²) < 4.78 is 15.7. The molecule has 5 rings (SSSR count). The quantitative estimate of drug-likeness (QED) is 0.210. The Morgan fingerprint density at radius 3 is 2.57 bits per heavy atom. The highest BCUT2D eigenvalue weighted by Gasteiger charge is 2.21. The Bertz CT molecular complexity index is 1530. The molecule has 0 atom stereocenters. The lowest BCUT2D eigenvalue weighted by molar-refractivity contribution is 0.555. The molecule has 0 spiro atoms. The lowest BCUT2D eigenvalue weighted by atomic mass is 10.0. The summed E-state index contributed by atoms with van der Waals surface area (Å²) in [6, 6.07) is 15.5. The smallest absolute Gasteiger partial charge is 0.192 e. The zero-order chi connectivity index (χ0) is 24.7. The van der Waals surface area contributed by atoms with E-state index >= 15 is 0 Å². The minimum absolute atomic E-state index is 0.129. The number of halogens is 2. The summed E-state index contributed by atoms with van der Waals surface area (Å²) >= 11 is 9.21. The van der Waals surface area contributed by atoms with Gasteiger partial charge in [-0.15, -0.1) is 21.5 Å². The van der Waals surface area contributed by atoms with E-state index in [9.17, 15) is 4.39 Å². The monoisotopic (exact) mass is 522 g/mol. The number of nitrogens with zero attached hydrogens (tertiary/aromatic N) is 4. The third kappa shape index (κ3) is 4.73. The Balaban J connectivity index is 1.62. The van der Waals surface area contributed by atoms with Crippen LogP contribution in [0, 0.1) is 19.7 Å². The molecule has 0 amide bonds. The van der Waals surface area contributed by atoms with Crippen LogP contribution in [0.25, 0.3) is 32.9 Å². The maximum absolute atomic E-state index is 13.6. The first-order valence-corrected chi connectivity index (χ1v) is 13.5. The molecule has 8 heteroatoms. The Kier molecular flexibility index (Phi) is 6.66. The first-order chi connectivity index (χ1) is 16.8. The lowest BCUT2D eigenvalue weighted by Crippen LogP contribution is -2.06. The third-order valence-electron chi connectivity index (χ3n) is 5.97. The average molecular weight is 523 g/mol. The van der Waals surface area contributed by atoms with Crippen LogP contribution in [0.3, 0.4) is 0 Å². The SMILES string of the molecule is Cc1cc2nc(-c3cccs3)cc(-c3nnc(SCc4ccc(F)c(Cl)c4)n3C(C)C)c2cc1C. The predicted octanol–water partition coefficient (Wildman–Crippen LogP) is 8.50. The van der Waals surface area contributed by atoms with E-state index < -0.39 is 5.82 Å². The maximum atomic E-state index is 13.6. The molecule has 3 heterocycles. The average Bonchev–Trinajstić information content (AvgIpc) is 3.50. The normalized spacial score (nSPS) is 11.6. The zero-order valence-corrected chi connectivity index (χ0v) is 22.2. The summed E-state index contributed by atoms with van der Waals surface area (Å²) in [4.78, 5) is 6.10. The molecule has 178 valence electrons. The lowest BCUT2D eigenvalue weighted by Gasteiger charge is -2.16. The number of thiophene rings is 1. The number of benzene rings is 2. The summed E-state index contributed by atoms with van der Waals surface area (Å²) in [5.41, 5.74) is 6.24. The standard InChI is InChI=1S/C27H24ClFN4S2/c1-15(2)33-26(31-32-27(33)35-14-18-7-8-22(29)21(28)12-18)20-13-24(25-6-5-9-34-25)30-23-11-17(4)16(3)10-19(20)23/h5-13,15H,14H2,1-4H3. The molecule has 0 fully saturated rings. The summed E-state index contributed by atoms with van der Waals surface area (Å²) in [5, 5.41) is 13.3. The van der Waals surface area contributed by atoms with Crippen LogP contribution in [0.15, 0.2) is 59.1 Å². The molecular weight excluding hydrogens is 499 g/mol. The van der Waals surface area contributed by atoms with Crippen molar-refractivity contribution in [3.05, 3.63) is 81.4 Å². The van der Waals surface area contributed by atoms with E-state index in [1.165, 1.54) is 17.2 Å². The summed E-state index contributed by atoms with van der Waals surface area (Å²) in [6.07, 6.45) is 0. The molecule has 0 aliphatic carbocycles. The van der Waals surface area contributed by atoms with Gasteiger partial charge in [-0.2, -0.15) is 0 Å². The fourth-order valence-corrected chi connectivity index (χ4v) is 5.92. The molecule has 5 aromatic rings. The number of aryl methyl sites for hydroxylation is 2. The van der Waals surface area contributed by atoms with E-state index in [1.54, 1.807) is 35.2 Å². The van der Waals surface area contributed by atoms with Crippen molar-refractivity contribution >= 4 is 45.6 Å². The molecule has 4 nitrogen and oxygen atoms in total. The Labute approximate surface area is 217 Å². The molecule has 2 aromatic carbocycles. The van der Waals surface area contributed by atoms with Crippen molar-refractivity contribution in [3.8, 4) is 22.0 Å². The van der Waals surface area contributed by atoms with Gasteiger partial charge in [-0.25, -0.2) is 9.37 Å². The van der Waals surface area contributed by atoms with E-state index in [1.807, 2.05) is 6.07 Å². The zero-order valence-electron chi connectivity index (χ0n) is 19.8. The van der Waals surface area contributed by atoms with Gasteiger partial charge in [-0.3, -0.25) is 4.57 Å². The molecule has 0 N–H and O–H groups in total. The molecule has 0 unspecified atom stereocenters. The Morgan fingerprint density at radius 1 is 1.06 bits per heavy atom. The van der Waals surface area contributed by atoms with Crippen LogP contribution in [-0.2, 0) is 5.75 Å². The first-order valence-electron chi connectivity index (χ1n) is 11.3. The van der Waals surface area contributed by atoms with Gasteiger partial charge in [0.05, 0.1) is 21.1 Å². The van der Waals surface area contributed by atoms with Crippen LogP contribution < -0.4 is 0 Å². The predicted molar refractivity (Wildman–Crippen MR) is 145 cm³/mol. The van der Waals surface area contributed by atoms with E-state index in [2.05, 4.69) is 72.1 Å². The van der Waals surface area contributed by atoms with Crippen molar-refractivity contribution in [1.29, 1.82) is 0 Å².